The standard InChI is InChI=1S/C8H13ClO/c1-3-5-7(4-2)6-8(9)10/h6H,3-5H2,1-2H3/b7-6+. The first-order valence-electron chi connectivity index (χ1n) is 3.59. The molecule has 0 aliphatic rings. The van der Waals surface area contributed by atoms with Gasteiger partial charge in [0.2, 0.25) is 5.24 Å². The summed E-state index contributed by atoms with van der Waals surface area (Å²) in [6.45, 7) is 4.11. The molecular formula is C8H13ClO. The number of carbonyl (C=O) groups excluding carboxylic acids is 1. The summed E-state index contributed by atoms with van der Waals surface area (Å²) in [5.41, 5.74) is 1.14. The molecule has 0 rings (SSSR count). The van der Waals surface area contributed by atoms with E-state index in [0.717, 1.165) is 24.8 Å². The molecule has 10 heavy (non-hydrogen) atoms. The van der Waals surface area contributed by atoms with Crippen molar-refractivity contribution in [3.63, 3.8) is 0 Å². The second kappa shape index (κ2) is 5.48. The third-order valence-corrected chi connectivity index (χ3v) is 1.45. The van der Waals surface area contributed by atoms with E-state index in [1.165, 1.54) is 6.08 Å². The van der Waals surface area contributed by atoms with Crippen LogP contribution in [0.4, 0.5) is 0 Å². The van der Waals surface area contributed by atoms with E-state index >= 15 is 0 Å². The van der Waals surface area contributed by atoms with Crippen molar-refractivity contribution in [3.8, 4) is 0 Å². The maximum absolute atomic E-state index is 10.4. The van der Waals surface area contributed by atoms with Crippen molar-refractivity contribution in [3.05, 3.63) is 11.6 Å². The van der Waals surface area contributed by atoms with E-state index in [2.05, 4.69) is 6.92 Å². The normalized spacial score (nSPS) is 11.7. The third kappa shape index (κ3) is 4.57. The first kappa shape index (κ1) is 9.70. The molecule has 0 unspecified atom stereocenters. The number of rotatable bonds is 4. The minimum atomic E-state index is -0.356. The molecule has 0 radical (unpaired) electrons. The van der Waals surface area contributed by atoms with Gasteiger partial charge in [0.25, 0.3) is 0 Å². The largest absolute Gasteiger partial charge is 0.276 e. The second-order valence-corrected chi connectivity index (χ2v) is 2.58. The lowest BCUT2D eigenvalue weighted by Gasteiger charge is -1.98. The Hall–Kier alpha value is -0.300. The highest BCUT2D eigenvalue weighted by atomic mass is 35.5. The predicted molar refractivity (Wildman–Crippen MR) is 44.1 cm³/mol. The summed E-state index contributed by atoms with van der Waals surface area (Å²) < 4.78 is 0. The van der Waals surface area contributed by atoms with Crippen LogP contribution in [0.25, 0.3) is 0 Å². The van der Waals surface area contributed by atoms with Gasteiger partial charge < -0.3 is 0 Å². The Kier molecular flexibility index (Phi) is 5.32. The Morgan fingerprint density at radius 3 is 2.40 bits per heavy atom. The Balaban J connectivity index is 3.91. The molecule has 0 amide bonds. The number of halogens is 1. The molecule has 0 bridgehead atoms. The van der Waals surface area contributed by atoms with Crippen LogP contribution >= 0.6 is 11.6 Å². The molecule has 0 aromatic heterocycles. The second-order valence-electron chi connectivity index (χ2n) is 2.21. The van der Waals surface area contributed by atoms with Gasteiger partial charge in [0.1, 0.15) is 0 Å². The van der Waals surface area contributed by atoms with E-state index < -0.39 is 0 Å². The van der Waals surface area contributed by atoms with Crippen LogP contribution in [0.5, 0.6) is 0 Å². The van der Waals surface area contributed by atoms with Crippen molar-refractivity contribution in [2.75, 3.05) is 0 Å². The lowest BCUT2D eigenvalue weighted by Crippen LogP contribution is -1.85. The average molecular weight is 161 g/mol. The first-order chi connectivity index (χ1) is 4.70. The molecule has 0 saturated carbocycles. The monoisotopic (exact) mass is 160 g/mol. The lowest BCUT2D eigenvalue weighted by atomic mass is 10.1. The zero-order chi connectivity index (χ0) is 7.98. The number of carbonyl (C=O) groups is 1. The molecule has 2 heteroatoms. The lowest BCUT2D eigenvalue weighted by molar-refractivity contribution is -0.107. The fourth-order valence-corrected chi connectivity index (χ4v) is 0.987. The zero-order valence-electron chi connectivity index (χ0n) is 6.48. The highest BCUT2D eigenvalue weighted by Gasteiger charge is 1.94. The molecule has 0 aliphatic heterocycles. The van der Waals surface area contributed by atoms with Crippen LogP contribution < -0.4 is 0 Å². The van der Waals surface area contributed by atoms with Gasteiger partial charge in [-0.25, -0.2) is 0 Å². The predicted octanol–water partition coefficient (Wildman–Crippen LogP) is 2.89. The summed E-state index contributed by atoms with van der Waals surface area (Å²) in [6.07, 6.45) is 4.50. The van der Waals surface area contributed by atoms with Gasteiger partial charge in [-0.3, -0.25) is 4.79 Å². The quantitative estimate of drug-likeness (QED) is 0.457. The summed E-state index contributed by atoms with van der Waals surface area (Å²) in [5.74, 6) is 0. The Labute approximate surface area is 67.1 Å². The minimum Gasteiger partial charge on any atom is -0.276 e. The van der Waals surface area contributed by atoms with Crippen molar-refractivity contribution in [1.82, 2.24) is 0 Å². The number of allylic oxidation sites excluding steroid dienone is 2. The molecule has 58 valence electrons. The van der Waals surface area contributed by atoms with Crippen LogP contribution in [0, 0.1) is 0 Å². The molecule has 0 atom stereocenters. The summed E-state index contributed by atoms with van der Waals surface area (Å²) in [5, 5.41) is -0.356. The van der Waals surface area contributed by atoms with Crippen LogP contribution in [0.1, 0.15) is 33.1 Å². The van der Waals surface area contributed by atoms with Crippen LogP contribution in [-0.2, 0) is 4.79 Å². The number of hydrogen-bond donors (Lipinski definition) is 0. The fraction of sp³-hybridized carbons (Fsp3) is 0.625. The van der Waals surface area contributed by atoms with Gasteiger partial charge >= 0.3 is 0 Å². The highest BCUT2D eigenvalue weighted by molar-refractivity contribution is 6.66. The van der Waals surface area contributed by atoms with Crippen LogP contribution in [0.3, 0.4) is 0 Å². The highest BCUT2D eigenvalue weighted by Crippen LogP contribution is 2.09. The maximum Gasteiger partial charge on any atom is 0.245 e. The van der Waals surface area contributed by atoms with Gasteiger partial charge in [0.15, 0.2) is 0 Å². The average Bonchev–Trinajstić information content (AvgIpc) is 1.86. The molecule has 0 spiro atoms. The smallest absolute Gasteiger partial charge is 0.245 e. The van der Waals surface area contributed by atoms with Gasteiger partial charge in [-0.1, -0.05) is 25.8 Å². The van der Waals surface area contributed by atoms with Gasteiger partial charge in [-0.2, -0.15) is 0 Å². The Morgan fingerprint density at radius 2 is 2.10 bits per heavy atom. The van der Waals surface area contributed by atoms with Crippen LogP contribution in [0.2, 0.25) is 0 Å². The van der Waals surface area contributed by atoms with Crippen molar-refractivity contribution in [2.45, 2.75) is 33.1 Å². The van der Waals surface area contributed by atoms with E-state index in [9.17, 15) is 4.79 Å². The molecule has 1 nitrogen and oxygen atoms in total. The van der Waals surface area contributed by atoms with Gasteiger partial charge in [-0.05, 0) is 30.5 Å². The van der Waals surface area contributed by atoms with Gasteiger partial charge in [-0.15, -0.1) is 0 Å². The van der Waals surface area contributed by atoms with Crippen molar-refractivity contribution in [1.29, 1.82) is 0 Å². The van der Waals surface area contributed by atoms with E-state index in [4.69, 9.17) is 11.6 Å². The summed E-state index contributed by atoms with van der Waals surface area (Å²) >= 11 is 5.17. The van der Waals surface area contributed by atoms with E-state index in [-0.39, 0.29) is 5.24 Å². The molecule has 0 saturated heterocycles. The van der Waals surface area contributed by atoms with Crippen LogP contribution in [0.15, 0.2) is 11.6 Å². The molecule has 0 heterocycles. The maximum atomic E-state index is 10.4. The minimum absolute atomic E-state index is 0.356. The first-order valence-corrected chi connectivity index (χ1v) is 3.97. The summed E-state index contributed by atoms with van der Waals surface area (Å²) in [4.78, 5) is 10.4. The van der Waals surface area contributed by atoms with Crippen molar-refractivity contribution >= 4 is 16.8 Å². The van der Waals surface area contributed by atoms with E-state index in [0.29, 0.717) is 0 Å². The SMILES string of the molecule is CCC/C(=C/C(=O)Cl)CC. The Morgan fingerprint density at radius 1 is 1.50 bits per heavy atom. The Bertz CT molecular complexity index is 138. The van der Waals surface area contributed by atoms with Gasteiger partial charge in [0, 0.05) is 0 Å². The molecule has 0 aliphatic carbocycles. The molecule has 0 fully saturated rings. The van der Waals surface area contributed by atoms with Crippen molar-refractivity contribution < 1.29 is 4.79 Å². The molecule has 0 N–H and O–H groups in total. The zero-order valence-corrected chi connectivity index (χ0v) is 7.24. The van der Waals surface area contributed by atoms with E-state index in [1.807, 2.05) is 6.92 Å². The van der Waals surface area contributed by atoms with Gasteiger partial charge in [0.05, 0.1) is 0 Å². The molecule has 0 aromatic carbocycles. The van der Waals surface area contributed by atoms with Crippen LogP contribution in [-0.4, -0.2) is 5.24 Å². The molecular weight excluding hydrogens is 148 g/mol. The topological polar surface area (TPSA) is 17.1 Å². The summed E-state index contributed by atoms with van der Waals surface area (Å²) in [6, 6.07) is 0. The number of hydrogen-bond acceptors (Lipinski definition) is 1. The fourth-order valence-electron chi connectivity index (χ4n) is 0.833. The third-order valence-electron chi connectivity index (χ3n) is 1.34. The molecule has 0 aromatic rings. The van der Waals surface area contributed by atoms with Crippen molar-refractivity contribution in [2.24, 2.45) is 0 Å². The van der Waals surface area contributed by atoms with E-state index in [1.54, 1.807) is 0 Å². The summed E-state index contributed by atoms with van der Waals surface area (Å²) in [7, 11) is 0.